The maximum Gasteiger partial charge on any atom is 0.271 e. The predicted molar refractivity (Wildman–Crippen MR) is 110 cm³/mol. The molecule has 0 bridgehead atoms. The third-order valence-corrected chi connectivity index (χ3v) is 8.12. The van der Waals surface area contributed by atoms with Crippen LogP contribution in [-0.4, -0.2) is 23.9 Å². The average Bonchev–Trinajstić information content (AvgIpc) is 3.09. The van der Waals surface area contributed by atoms with Crippen molar-refractivity contribution >= 4 is 54.4 Å². The van der Waals surface area contributed by atoms with E-state index in [-0.39, 0.29) is 26.2 Å². The Kier molecular flexibility index (Phi) is 6.03. The molecule has 3 rings (SSSR count). The molecule has 0 fully saturated rings. The molecule has 0 aliphatic rings. The third kappa shape index (κ3) is 4.99. The Balaban J connectivity index is 1.92. The number of hydrogen-bond donors (Lipinski definition) is 2. The molecule has 7 nitrogen and oxygen atoms in total. The molecular formula is C17H14ClFN2O5S3. The Morgan fingerprint density at radius 3 is 2.21 bits per heavy atom. The highest BCUT2D eigenvalue weighted by Gasteiger charge is 2.20. The fourth-order valence-corrected chi connectivity index (χ4v) is 5.91. The summed E-state index contributed by atoms with van der Waals surface area (Å²) < 4.78 is 73.2. The molecule has 0 aliphatic heterocycles. The van der Waals surface area contributed by atoms with Crippen LogP contribution < -0.4 is 14.2 Å². The van der Waals surface area contributed by atoms with E-state index >= 15 is 0 Å². The highest BCUT2D eigenvalue weighted by Crippen LogP contribution is 2.32. The second-order valence-electron chi connectivity index (χ2n) is 5.64. The van der Waals surface area contributed by atoms with Crippen molar-refractivity contribution in [1.29, 1.82) is 0 Å². The van der Waals surface area contributed by atoms with Crippen molar-refractivity contribution in [2.45, 2.75) is 9.10 Å². The summed E-state index contributed by atoms with van der Waals surface area (Å²) in [6.07, 6.45) is 0. The molecule has 3 aromatic rings. The first-order valence-corrected chi connectivity index (χ1v) is 12.0. The van der Waals surface area contributed by atoms with E-state index in [0.29, 0.717) is 4.34 Å². The minimum absolute atomic E-state index is 0.00115. The third-order valence-electron chi connectivity index (χ3n) is 3.63. The Morgan fingerprint density at radius 1 is 0.931 bits per heavy atom. The van der Waals surface area contributed by atoms with Crippen LogP contribution in [0.2, 0.25) is 4.34 Å². The molecule has 1 heterocycles. The predicted octanol–water partition coefficient (Wildman–Crippen LogP) is 4.15. The number of methoxy groups -OCH3 is 1. The van der Waals surface area contributed by atoms with Crippen LogP contribution >= 0.6 is 22.9 Å². The van der Waals surface area contributed by atoms with Crippen LogP contribution in [0.1, 0.15) is 0 Å². The molecule has 29 heavy (non-hydrogen) atoms. The summed E-state index contributed by atoms with van der Waals surface area (Å²) in [7, 11) is -6.63. The van der Waals surface area contributed by atoms with Gasteiger partial charge in [-0.15, -0.1) is 11.3 Å². The van der Waals surface area contributed by atoms with Gasteiger partial charge in [0.2, 0.25) is 0 Å². The summed E-state index contributed by atoms with van der Waals surface area (Å²) in [5.74, 6) is -0.413. The SMILES string of the molecule is COc1ccc(NS(=O)(=O)c2ccc(Cl)s2)cc1NS(=O)(=O)c1ccc(F)cc1. The quantitative estimate of drug-likeness (QED) is 0.533. The van der Waals surface area contributed by atoms with Crippen LogP contribution in [0.5, 0.6) is 5.75 Å². The van der Waals surface area contributed by atoms with Crippen molar-refractivity contribution in [3.05, 3.63) is 64.8 Å². The minimum atomic E-state index is -4.06. The largest absolute Gasteiger partial charge is 0.495 e. The van der Waals surface area contributed by atoms with Gasteiger partial charge in [0, 0.05) is 0 Å². The van der Waals surface area contributed by atoms with Crippen molar-refractivity contribution in [1.82, 2.24) is 0 Å². The first kappa shape index (κ1) is 21.4. The molecule has 0 amide bonds. The molecule has 1 aromatic heterocycles. The molecule has 0 saturated heterocycles. The Bertz CT molecular complexity index is 1240. The zero-order valence-electron chi connectivity index (χ0n) is 14.7. The molecule has 0 saturated carbocycles. The van der Waals surface area contributed by atoms with Gasteiger partial charge in [-0.3, -0.25) is 9.44 Å². The number of hydrogen-bond acceptors (Lipinski definition) is 6. The monoisotopic (exact) mass is 476 g/mol. The van der Waals surface area contributed by atoms with Gasteiger partial charge in [-0.2, -0.15) is 0 Å². The van der Waals surface area contributed by atoms with E-state index < -0.39 is 25.9 Å². The average molecular weight is 477 g/mol. The van der Waals surface area contributed by atoms with E-state index in [9.17, 15) is 21.2 Å². The molecule has 0 radical (unpaired) electrons. The molecule has 0 atom stereocenters. The smallest absolute Gasteiger partial charge is 0.271 e. The topological polar surface area (TPSA) is 102 Å². The Hall–Kier alpha value is -2.34. The van der Waals surface area contributed by atoms with Crippen LogP contribution in [0.15, 0.2) is 63.7 Å². The highest BCUT2D eigenvalue weighted by atomic mass is 35.5. The normalized spacial score (nSPS) is 11.8. The van der Waals surface area contributed by atoms with Crippen LogP contribution in [-0.2, 0) is 20.0 Å². The van der Waals surface area contributed by atoms with Crippen molar-refractivity contribution < 1.29 is 26.0 Å². The highest BCUT2D eigenvalue weighted by molar-refractivity contribution is 7.94. The summed E-state index contributed by atoms with van der Waals surface area (Å²) in [4.78, 5) is -0.167. The van der Waals surface area contributed by atoms with Crippen LogP contribution in [0.25, 0.3) is 0 Å². The van der Waals surface area contributed by atoms with Gasteiger partial charge in [0.25, 0.3) is 20.0 Å². The lowest BCUT2D eigenvalue weighted by atomic mass is 10.2. The number of halogens is 2. The van der Waals surface area contributed by atoms with Gasteiger partial charge in [0.05, 0.1) is 27.7 Å². The molecule has 12 heteroatoms. The molecule has 2 aromatic carbocycles. The summed E-state index contributed by atoms with van der Waals surface area (Å²) in [6, 6.07) is 11.2. The number of ether oxygens (including phenoxy) is 1. The van der Waals surface area contributed by atoms with Crippen LogP contribution in [0.3, 0.4) is 0 Å². The van der Waals surface area contributed by atoms with Crippen LogP contribution in [0.4, 0.5) is 15.8 Å². The zero-order valence-corrected chi connectivity index (χ0v) is 17.9. The Morgan fingerprint density at radius 2 is 1.62 bits per heavy atom. The molecule has 0 unspecified atom stereocenters. The van der Waals surface area contributed by atoms with Gasteiger partial charge >= 0.3 is 0 Å². The molecule has 0 aliphatic carbocycles. The van der Waals surface area contributed by atoms with Gasteiger partial charge in [0.15, 0.2) is 0 Å². The van der Waals surface area contributed by atoms with Crippen molar-refractivity contribution in [3.8, 4) is 5.75 Å². The Labute approximate surface area is 176 Å². The fourth-order valence-electron chi connectivity index (χ4n) is 2.32. The minimum Gasteiger partial charge on any atom is -0.495 e. The first-order valence-electron chi connectivity index (χ1n) is 7.85. The maximum absolute atomic E-state index is 13.1. The van der Waals surface area contributed by atoms with Crippen LogP contribution in [0, 0.1) is 5.82 Å². The van der Waals surface area contributed by atoms with Gasteiger partial charge < -0.3 is 4.74 Å². The van der Waals surface area contributed by atoms with Crippen molar-refractivity contribution in [2.75, 3.05) is 16.6 Å². The summed E-state index contributed by atoms with van der Waals surface area (Å²) in [5, 5.41) is 0. The number of sulfonamides is 2. The number of thiophene rings is 1. The molecule has 0 spiro atoms. The van der Waals surface area contributed by atoms with E-state index in [2.05, 4.69) is 9.44 Å². The zero-order chi connectivity index (χ0) is 21.2. The standard InChI is InChI=1S/C17H14ClFN2O5S3/c1-26-15-7-4-12(20-29(24,25)17-9-8-16(18)27-17)10-14(15)21-28(22,23)13-5-2-11(19)3-6-13/h2-10,20-21H,1H3. The van der Waals surface area contributed by atoms with Gasteiger partial charge in [-0.25, -0.2) is 21.2 Å². The van der Waals surface area contributed by atoms with Crippen molar-refractivity contribution in [2.24, 2.45) is 0 Å². The van der Waals surface area contributed by atoms with E-state index in [1.165, 1.54) is 37.4 Å². The number of benzene rings is 2. The maximum atomic E-state index is 13.1. The van der Waals surface area contributed by atoms with E-state index in [4.69, 9.17) is 16.3 Å². The molecular weight excluding hydrogens is 463 g/mol. The number of anilines is 2. The molecule has 154 valence electrons. The molecule has 2 N–H and O–H groups in total. The first-order chi connectivity index (χ1) is 13.6. The second kappa shape index (κ2) is 8.19. The van der Waals surface area contributed by atoms with E-state index in [1.807, 2.05) is 0 Å². The number of nitrogens with one attached hydrogen (secondary N) is 2. The lowest BCUT2D eigenvalue weighted by molar-refractivity contribution is 0.417. The fraction of sp³-hybridized carbons (Fsp3) is 0.0588. The lowest BCUT2D eigenvalue weighted by Gasteiger charge is -2.14. The van der Waals surface area contributed by atoms with E-state index in [1.54, 1.807) is 0 Å². The number of rotatable bonds is 7. The van der Waals surface area contributed by atoms with Gasteiger partial charge in [-0.1, -0.05) is 11.6 Å². The van der Waals surface area contributed by atoms with Crippen molar-refractivity contribution in [3.63, 3.8) is 0 Å². The second-order valence-corrected chi connectivity index (χ2v) is 10.9. The van der Waals surface area contributed by atoms with Gasteiger partial charge in [-0.05, 0) is 54.6 Å². The van der Waals surface area contributed by atoms with Gasteiger partial charge in [0.1, 0.15) is 15.8 Å². The van der Waals surface area contributed by atoms with E-state index in [0.717, 1.165) is 35.6 Å². The summed E-state index contributed by atoms with van der Waals surface area (Å²) >= 11 is 6.67. The summed E-state index contributed by atoms with van der Waals surface area (Å²) in [6.45, 7) is 0. The lowest BCUT2D eigenvalue weighted by Crippen LogP contribution is -2.15. The summed E-state index contributed by atoms with van der Waals surface area (Å²) in [5.41, 5.74) is 0.105.